The second kappa shape index (κ2) is 6.70. The molecule has 0 radical (unpaired) electrons. The van der Waals surface area contributed by atoms with Crippen molar-refractivity contribution in [2.75, 3.05) is 20.3 Å². The van der Waals surface area contributed by atoms with E-state index in [2.05, 4.69) is 10.3 Å². The molecule has 1 aliphatic rings. The van der Waals surface area contributed by atoms with Gasteiger partial charge in [-0.05, 0) is 26.7 Å². The van der Waals surface area contributed by atoms with Crippen LogP contribution in [0.3, 0.4) is 0 Å². The van der Waals surface area contributed by atoms with Crippen LogP contribution in [0.2, 0.25) is 0 Å². The summed E-state index contributed by atoms with van der Waals surface area (Å²) >= 11 is 0. The highest BCUT2D eigenvalue weighted by Gasteiger charge is 2.29. The molecule has 0 saturated heterocycles. The standard InChI is InChI=1S/C11H23N3O2/c1-4-16-10-5-9(6-10)14-11(12)13-8(2)7-15-3/h8-10H,4-7H2,1-3H3,(H3,12,13,14). The highest BCUT2D eigenvalue weighted by atomic mass is 16.5. The molecule has 1 rings (SSSR count). The lowest BCUT2D eigenvalue weighted by atomic mass is 9.90. The van der Waals surface area contributed by atoms with E-state index >= 15 is 0 Å². The largest absolute Gasteiger partial charge is 0.383 e. The van der Waals surface area contributed by atoms with Crippen LogP contribution in [-0.4, -0.2) is 44.5 Å². The van der Waals surface area contributed by atoms with E-state index in [0.29, 0.717) is 24.7 Å². The van der Waals surface area contributed by atoms with Crippen LogP contribution in [0.25, 0.3) is 0 Å². The lowest BCUT2D eigenvalue weighted by molar-refractivity contribution is -0.000791. The normalized spacial score (nSPS) is 27.3. The van der Waals surface area contributed by atoms with Gasteiger partial charge in [0.05, 0.1) is 18.8 Å². The minimum absolute atomic E-state index is 0.191. The van der Waals surface area contributed by atoms with Gasteiger partial charge in [0, 0.05) is 19.8 Å². The second-order valence-corrected chi connectivity index (χ2v) is 4.22. The maximum Gasteiger partial charge on any atom is 0.189 e. The van der Waals surface area contributed by atoms with Crippen molar-refractivity contribution in [2.45, 2.75) is 44.9 Å². The molecular weight excluding hydrogens is 206 g/mol. The van der Waals surface area contributed by atoms with Crippen LogP contribution in [0, 0.1) is 0 Å². The topological polar surface area (TPSA) is 68.9 Å². The van der Waals surface area contributed by atoms with Crippen LogP contribution in [0.4, 0.5) is 0 Å². The zero-order valence-corrected chi connectivity index (χ0v) is 10.4. The molecule has 1 fully saturated rings. The molecule has 0 aromatic carbocycles. The van der Waals surface area contributed by atoms with Crippen LogP contribution in [0.5, 0.6) is 0 Å². The molecule has 0 spiro atoms. The van der Waals surface area contributed by atoms with E-state index in [4.69, 9.17) is 15.2 Å². The Morgan fingerprint density at radius 2 is 2.25 bits per heavy atom. The molecule has 0 aliphatic heterocycles. The van der Waals surface area contributed by atoms with Crippen LogP contribution in [0.1, 0.15) is 26.7 Å². The molecule has 16 heavy (non-hydrogen) atoms. The molecular formula is C11H23N3O2. The number of hydrogen-bond acceptors (Lipinski definition) is 3. The summed E-state index contributed by atoms with van der Waals surface area (Å²) in [5.74, 6) is 0.504. The maximum atomic E-state index is 5.78. The Balaban J connectivity index is 2.19. The molecule has 5 nitrogen and oxygen atoms in total. The van der Waals surface area contributed by atoms with Gasteiger partial charge in [-0.15, -0.1) is 0 Å². The first-order valence-corrected chi connectivity index (χ1v) is 5.86. The fraction of sp³-hybridized carbons (Fsp3) is 0.909. The molecule has 1 saturated carbocycles. The SMILES string of the molecule is CCOC1CC(N=C(N)NC(C)COC)C1. The lowest BCUT2D eigenvalue weighted by Crippen LogP contribution is -2.43. The fourth-order valence-electron chi connectivity index (χ4n) is 1.79. The second-order valence-electron chi connectivity index (χ2n) is 4.22. The Hall–Kier alpha value is -0.810. The molecule has 0 aromatic heterocycles. The van der Waals surface area contributed by atoms with Crippen LogP contribution < -0.4 is 11.1 Å². The molecule has 94 valence electrons. The van der Waals surface area contributed by atoms with Crippen molar-refractivity contribution >= 4 is 5.96 Å². The van der Waals surface area contributed by atoms with E-state index in [1.165, 1.54) is 0 Å². The predicted molar refractivity (Wildman–Crippen MR) is 64.5 cm³/mol. The molecule has 3 N–H and O–H groups in total. The van der Waals surface area contributed by atoms with Gasteiger partial charge in [-0.2, -0.15) is 0 Å². The van der Waals surface area contributed by atoms with E-state index < -0.39 is 0 Å². The van der Waals surface area contributed by atoms with Gasteiger partial charge in [0.2, 0.25) is 0 Å². The third kappa shape index (κ3) is 4.37. The number of hydrogen-bond donors (Lipinski definition) is 2. The Labute approximate surface area is 97.4 Å². The zero-order valence-electron chi connectivity index (χ0n) is 10.4. The summed E-state index contributed by atoms with van der Waals surface area (Å²) < 4.78 is 10.5. The summed E-state index contributed by atoms with van der Waals surface area (Å²) in [5, 5.41) is 3.09. The van der Waals surface area contributed by atoms with E-state index in [1.54, 1.807) is 7.11 Å². The van der Waals surface area contributed by atoms with Crippen LogP contribution in [0.15, 0.2) is 4.99 Å². The van der Waals surface area contributed by atoms with Crippen molar-refractivity contribution in [3.05, 3.63) is 0 Å². The number of guanidine groups is 1. The molecule has 1 atom stereocenters. The third-order valence-corrected chi connectivity index (χ3v) is 2.60. The van der Waals surface area contributed by atoms with Crippen molar-refractivity contribution in [2.24, 2.45) is 10.7 Å². The van der Waals surface area contributed by atoms with Crippen molar-refractivity contribution in [3.63, 3.8) is 0 Å². The molecule has 0 aromatic rings. The predicted octanol–water partition coefficient (Wildman–Crippen LogP) is 0.493. The molecule has 0 bridgehead atoms. The fourth-order valence-corrected chi connectivity index (χ4v) is 1.79. The van der Waals surface area contributed by atoms with E-state index in [1.807, 2.05) is 13.8 Å². The molecule has 0 amide bonds. The minimum atomic E-state index is 0.191. The quantitative estimate of drug-likeness (QED) is 0.514. The van der Waals surface area contributed by atoms with E-state index in [0.717, 1.165) is 19.4 Å². The maximum absolute atomic E-state index is 5.78. The summed E-state index contributed by atoms with van der Waals surface area (Å²) in [6.45, 7) is 5.43. The van der Waals surface area contributed by atoms with Crippen LogP contribution in [-0.2, 0) is 9.47 Å². The highest BCUT2D eigenvalue weighted by molar-refractivity contribution is 5.78. The van der Waals surface area contributed by atoms with Gasteiger partial charge in [-0.25, -0.2) is 4.99 Å². The Morgan fingerprint density at radius 1 is 1.56 bits per heavy atom. The smallest absolute Gasteiger partial charge is 0.189 e. The summed E-state index contributed by atoms with van der Waals surface area (Å²) in [6, 6.07) is 0.510. The summed E-state index contributed by atoms with van der Waals surface area (Å²) in [4.78, 5) is 4.38. The average molecular weight is 229 g/mol. The summed E-state index contributed by atoms with van der Waals surface area (Å²) in [7, 11) is 1.67. The number of nitrogens with two attached hydrogens (primary N) is 1. The number of nitrogens with one attached hydrogen (secondary N) is 1. The van der Waals surface area contributed by atoms with Gasteiger partial charge in [-0.3, -0.25) is 0 Å². The van der Waals surface area contributed by atoms with Gasteiger partial charge < -0.3 is 20.5 Å². The molecule has 0 heterocycles. The van der Waals surface area contributed by atoms with Gasteiger partial charge >= 0.3 is 0 Å². The first-order valence-electron chi connectivity index (χ1n) is 5.86. The number of ether oxygens (including phenoxy) is 2. The molecule has 5 heteroatoms. The first-order chi connectivity index (χ1) is 7.65. The summed E-state index contributed by atoms with van der Waals surface area (Å²) in [6.07, 6.45) is 2.34. The monoisotopic (exact) mass is 229 g/mol. The number of methoxy groups -OCH3 is 1. The van der Waals surface area contributed by atoms with Crippen molar-refractivity contribution < 1.29 is 9.47 Å². The zero-order chi connectivity index (χ0) is 12.0. The molecule has 1 unspecified atom stereocenters. The van der Waals surface area contributed by atoms with Crippen molar-refractivity contribution in [1.29, 1.82) is 0 Å². The van der Waals surface area contributed by atoms with Crippen LogP contribution >= 0.6 is 0 Å². The first kappa shape index (κ1) is 13.3. The third-order valence-electron chi connectivity index (χ3n) is 2.60. The lowest BCUT2D eigenvalue weighted by Gasteiger charge is -2.32. The number of nitrogens with zero attached hydrogens (tertiary/aromatic N) is 1. The number of aliphatic imine (C=N–C) groups is 1. The Morgan fingerprint density at radius 3 is 2.81 bits per heavy atom. The summed E-state index contributed by atoms with van der Waals surface area (Å²) in [5.41, 5.74) is 5.78. The van der Waals surface area contributed by atoms with Gasteiger partial charge in [0.1, 0.15) is 0 Å². The minimum Gasteiger partial charge on any atom is -0.383 e. The Bertz CT molecular complexity index is 227. The van der Waals surface area contributed by atoms with E-state index in [9.17, 15) is 0 Å². The van der Waals surface area contributed by atoms with Gasteiger partial charge in [0.15, 0.2) is 5.96 Å². The number of rotatable bonds is 6. The molecule has 1 aliphatic carbocycles. The van der Waals surface area contributed by atoms with Crippen molar-refractivity contribution in [3.8, 4) is 0 Å². The Kier molecular flexibility index (Phi) is 5.55. The van der Waals surface area contributed by atoms with Gasteiger partial charge in [-0.1, -0.05) is 0 Å². The highest BCUT2D eigenvalue weighted by Crippen LogP contribution is 2.25. The average Bonchev–Trinajstić information content (AvgIpc) is 2.14. The van der Waals surface area contributed by atoms with Gasteiger partial charge in [0.25, 0.3) is 0 Å². The van der Waals surface area contributed by atoms with Crippen molar-refractivity contribution in [1.82, 2.24) is 5.32 Å². The van der Waals surface area contributed by atoms with E-state index in [-0.39, 0.29) is 6.04 Å².